The molecule has 0 radical (unpaired) electrons. The number of hydrogen-bond donors (Lipinski definition) is 0. The standard InChI is InChI=1S/C11H11F3S/c1-8-2-4-9(5-3-8)15-7-6-10(12)11(13)14/h2-5H,6-7H2,1H3. The van der Waals surface area contributed by atoms with Crippen molar-refractivity contribution in [3.63, 3.8) is 0 Å². The number of thioether (sulfide) groups is 1. The predicted octanol–water partition coefficient (Wildman–Crippen LogP) is 4.55. The van der Waals surface area contributed by atoms with Crippen molar-refractivity contribution in [2.45, 2.75) is 18.2 Å². The molecule has 0 nitrogen and oxygen atoms in total. The Morgan fingerprint density at radius 1 is 1.13 bits per heavy atom. The number of rotatable bonds is 4. The van der Waals surface area contributed by atoms with Gasteiger partial charge < -0.3 is 0 Å². The zero-order valence-corrected chi connectivity index (χ0v) is 9.08. The van der Waals surface area contributed by atoms with Gasteiger partial charge in [0.05, 0.1) is 0 Å². The molecule has 0 spiro atoms. The van der Waals surface area contributed by atoms with Crippen LogP contribution in [0.3, 0.4) is 0 Å². The third kappa shape index (κ3) is 4.42. The average molecular weight is 232 g/mol. The fraction of sp³-hybridized carbons (Fsp3) is 0.273. The Labute approximate surface area is 91.2 Å². The second-order valence-corrected chi connectivity index (χ2v) is 4.25. The van der Waals surface area contributed by atoms with Gasteiger partial charge in [-0.3, -0.25) is 0 Å². The summed E-state index contributed by atoms with van der Waals surface area (Å²) >= 11 is 1.37. The molecule has 0 N–H and O–H groups in total. The molecule has 0 unspecified atom stereocenters. The molecule has 1 aromatic rings. The molecular weight excluding hydrogens is 221 g/mol. The summed E-state index contributed by atoms with van der Waals surface area (Å²) in [5, 5.41) is 0. The van der Waals surface area contributed by atoms with Gasteiger partial charge in [-0.2, -0.15) is 8.78 Å². The van der Waals surface area contributed by atoms with Gasteiger partial charge in [-0.25, -0.2) is 4.39 Å². The molecule has 4 heteroatoms. The molecule has 0 saturated carbocycles. The van der Waals surface area contributed by atoms with Crippen LogP contribution in [0.25, 0.3) is 0 Å². The first kappa shape index (κ1) is 12.2. The molecule has 0 aliphatic heterocycles. The monoisotopic (exact) mass is 232 g/mol. The molecule has 0 aliphatic carbocycles. The van der Waals surface area contributed by atoms with Crippen molar-refractivity contribution >= 4 is 11.8 Å². The molecule has 0 atom stereocenters. The van der Waals surface area contributed by atoms with Gasteiger partial charge in [0, 0.05) is 17.1 Å². The highest BCUT2D eigenvalue weighted by Gasteiger charge is 2.04. The van der Waals surface area contributed by atoms with Crippen LogP contribution in [-0.4, -0.2) is 5.75 Å². The van der Waals surface area contributed by atoms with Crippen molar-refractivity contribution in [2.75, 3.05) is 5.75 Å². The first-order valence-corrected chi connectivity index (χ1v) is 5.47. The van der Waals surface area contributed by atoms with Crippen LogP contribution in [0.4, 0.5) is 13.2 Å². The normalized spacial score (nSPS) is 10.1. The van der Waals surface area contributed by atoms with E-state index in [1.54, 1.807) is 0 Å². The Hall–Kier alpha value is -0.900. The quantitative estimate of drug-likeness (QED) is 0.686. The highest BCUT2D eigenvalue weighted by atomic mass is 32.2. The number of allylic oxidation sites excluding steroid dienone is 1. The van der Waals surface area contributed by atoms with Crippen molar-refractivity contribution in [1.29, 1.82) is 0 Å². The zero-order chi connectivity index (χ0) is 11.3. The topological polar surface area (TPSA) is 0 Å². The van der Waals surface area contributed by atoms with Crippen LogP contribution in [-0.2, 0) is 0 Å². The molecule has 82 valence electrons. The summed E-state index contributed by atoms with van der Waals surface area (Å²) in [5.74, 6) is -0.985. The van der Waals surface area contributed by atoms with Crippen molar-refractivity contribution in [3.05, 3.63) is 41.7 Å². The van der Waals surface area contributed by atoms with E-state index in [0.717, 1.165) is 10.5 Å². The molecule has 0 fully saturated rings. The van der Waals surface area contributed by atoms with E-state index in [9.17, 15) is 13.2 Å². The Morgan fingerprint density at radius 2 is 1.73 bits per heavy atom. The minimum Gasteiger partial charge on any atom is -0.206 e. The largest absolute Gasteiger partial charge is 0.301 e. The molecule has 0 amide bonds. The maximum Gasteiger partial charge on any atom is 0.301 e. The predicted molar refractivity (Wildman–Crippen MR) is 56.9 cm³/mol. The first-order valence-electron chi connectivity index (χ1n) is 4.48. The molecule has 1 rings (SSSR count). The molecular formula is C11H11F3S. The molecule has 0 aliphatic rings. The summed E-state index contributed by atoms with van der Waals surface area (Å²) in [4.78, 5) is 0.965. The number of benzene rings is 1. The Morgan fingerprint density at radius 3 is 2.27 bits per heavy atom. The number of halogens is 3. The summed E-state index contributed by atoms with van der Waals surface area (Å²) in [6.45, 7) is 1.97. The fourth-order valence-corrected chi connectivity index (χ4v) is 1.83. The molecule has 0 saturated heterocycles. The Bertz CT molecular complexity index is 339. The van der Waals surface area contributed by atoms with Crippen LogP contribution in [0.5, 0.6) is 0 Å². The van der Waals surface area contributed by atoms with Crippen molar-refractivity contribution in [2.24, 2.45) is 0 Å². The lowest BCUT2D eigenvalue weighted by Gasteiger charge is -2.00. The van der Waals surface area contributed by atoms with E-state index < -0.39 is 11.9 Å². The fourth-order valence-electron chi connectivity index (χ4n) is 0.987. The highest BCUT2D eigenvalue weighted by Crippen LogP contribution is 2.22. The maximum absolute atomic E-state index is 12.4. The summed E-state index contributed by atoms with van der Waals surface area (Å²) < 4.78 is 35.8. The second-order valence-electron chi connectivity index (χ2n) is 3.08. The van der Waals surface area contributed by atoms with E-state index in [1.165, 1.54) is 11.8 Å². The van der Waals surface area contributed by atoms with Crippen LogP contribution in [0.2, 0.25) is 0 Å². The van der Waals surface area contributed by atoms with Gasteiger partial charge in [0.2, 0.25) is 0 Å². The third-order valence-electron chi connectivity index (χ3n) is 1.82. The maximum atomic E-state index is 12.4. The van der Waals surface area contributed by atoms with E-state index in [1.807, 2.05) is 31.2 Å². The lowest BCUT2D eigenvalue weighted by Crippen LogP contribution is -1.83. The van der Waals surface area contributed by atoms with E-state index in [2.05, 4.69) is 0 Å². The number of aryl methyl sites for hydroxylation is 1. The van der Waals surface area contributed by atoms with Crippen molar-refractivity contribution < 1.29 is 13.2 Å². The number of hydrogen-bond acceptors (Lipinski definition) is 1. The van der Waals surface area contributed by atoms with Gasteiger partial charge in [0.25, 0.3) is 0 Å². The van der Waals surface area contributed by atoms with Crippen molar-refractivity contribution in [3.8, 4) is 0 Å². The highest BCUT2D eigenvalue weighted by molar-refractivity contribution is 7.99. The van der Waals surface area contributed by atoms with Gasteiger partial charge in [-0.05, 0) is 19.1 Å². The van der Waals surface area contributed by atoms with Crippen molar-refractivity contribution in [1.82, 2.24) is 0 Å². The summed E-state index contributed by atoms with van der Waals surface area (Å²) in [6.07, 6.45) is -2.43. The molecule has 15 heavy (non-hydrogen) atoms. The van der Waals surface area contributed by atoms with Crippen LogP contribution >= 0.6 is 11.8 Å². The molecule has 1 aromatic carbocycles. The lowest BCUT2D eigenvalue weighted by atomic mass is 10.2. The van der Waals surface area contributed by atoms with E-state index in [4.69, 9.17) is 0 Å². The second kappa shape index (κ2) is 5.85. The summed E-state index contributed by atoms with van der Waals surface area (Å²) in [7, 11) is 0. The molecule has 0 bridgehead atoms. The van der Waals surface area contributed by atoms with Crippen LogP contribution in [0.15, 0.2) is 41.1 Å². The summed E-state index contributed by atoms with van der Waals surface area (Å²) in [5.41, 5.74) is 1.14. The van der Waals surface area contributed by atoms with Crippen LogP contribution in [0.1, 0.15) is 12.0 Å². The van der Waals surface area contributed by atoms with Gasteiger partial charge >= 0.3 is 6.08 Å². The molecule has 0 aromatic heterocycles. The van der Waals surface area contributed by atoms with Gasteiger partial charge in [-0.1, -0.05) is 17.7 Å². The van der Waals surface area contributed by atoms with Gasteiger partial charge in [0.1, 0.15) is 0 Å². The van der Waals surface area contributed by atoms with Gasteiger partial charge in [0.15, 0.2) is 5.83 Å². The van der Waals surface area contributed by atoms with Crippen LogP contribution < -0.4 is 0 Å². The minimum atomic E-state index is -2.21. The average Bonchev–Trinajstić information content (AvgIpc) is 2.20. The first-order chi connectivity index (χ1) is 7.09. The van der Waals surface area contributed by atoms with Gasteiger partial charge in [-0.15, -0.1) is 11.8 Å². The van der Waals surface area contributed by atoms with Crippen LogP contribution in [0, 0.1) is 6.92 Å². The molecule has 0 heterocycles. The lowest BCUT2D eigenvalue weighted by molar-refractivity contribution is 0.373. The van der Waals surface area contributed by atoms with E-state index in [0.29, 0.717) is 5.75 Å². The summed E-state index contributed by atoms with van der Waals surface area (Å²) in [6, 6.07) is 7.66. The third-order valence-corrected chi connectivity index (χ3v) is 2.83. The van der Waals surface area contributed by atoms with E-state index in [-0.39, 0.29) is 6.42 Å². The Kier molecular flexibility index (Phi) is 4.75. The van der Waals surface area contributed by atoms with E-state index >= 15 is 0 Å². The smallest absolute Gasteiger partial charge is 0.206 e. The zero-order valence-electron chi connectivity index (χ0n) is 8.27. The Balaban J connectivity index is 2.38. The SMILES string of the molecule is Cc1ccc(SCCC(F)=C(F)F)cc1. The minimum absolute atomic E-state index is 0.221.